The number of benzene rings is 1. The highest BCUT2D eigenvalue weighted by Gasteiger charge is 2.22. The number of nitrogens with two attached hydrogens (primary N) is 1. The Morgan fingerprint density at radius 2 is 2.05 bits per heavy atom. The fourth-order valence-corrected chi connectivity index (χ4v) is 1.59. The van der Waals surface area contributed by atoms with Gasteiger partial charge in [0.05, 0.1) is 11.0 Å². The molecule has 0 saturated heterocycles. The largest absolute Gasteiger partial charge is 0.334 e. The molecule has 0 amide bonds. The standard InChI is InChI=1S/C12H14N4O3/c1-7(2)10(13)11-14-12(19-15-11)8-5-3-4-6-9(8)16(17)18/h3-7,10H,13H2,1-2H3. The van der Waals surface area contributed by atoms with Crippen molar-refractivity contribution < 1.29 is 9.45 Å². The SMILES string of the molecule is CC(C)C(N)c1noc(-c2ccccc2[N+](=O)[O-])n1. The van der Waals surface area contributed by atoms with Crippen LogP contribution in [0, 0.1) is 16.0 Å². The van der Waals surface area contributed by atoms with Gasteiger partial charge in [-0.1, -0.05) is 31.1 Å². The zero-order valence-electron chi connectivity index (χ0n) is 10.6. The van der Waals surface area contributed by atoms with E-state index in [2.05, 4.69) is 10.1 Å². The van der Waals surface area contributed by atoms with E-state index in [9.17, 15) is 10.1 Å². The van der Waals surface area contributed by atoms with Gasteiger partial charge in [0.15, 0.2) is 5.82 Å². The fraction of sp³-hybridized carbons (Fsp3) is 0.333. The van der Waals surface area contributed by atoms with E-state index in [0.717, 1.165) is 0 Å². The first-order valence-corrected chi connectivity index (χ1v) is 5.83. The molecule has 2 N–H and O–H groups in total. The van der Waals surface area contributed by atoms with E-state index in [4.69, 9.17) is 10.3 Å². The monoisotopic (exact) mass is 262 g/mol. The summed E-state index contributed by atoms with van der Waals surface area (Å²) in [5.74, 6) is 0.609. The molecule has 7 heteroatoms. The summed E-state index contributed by atoms with van der Waals surface area (Å²) in [4.78, 5) is 14.6. The smallest absolute Gasteiger partial charge is 0.282 e. The predicted molar refractivity (Wildman–Crippen MR) is 68.2 cm³/mol. The first-order chi connectivity index (χ1) is 9.00. The number of hydrogen-bond acceptors (Lipinski definition) is 6. The van der Waals surface area contributed by atoms with Crippen LogP contribution >= 0.6 is 0 Å². The molecule has 100 valence electrons. The summed E-state index contributed by atoms with van der Waals surface area (Å²) in [6, 6.07) is 5.85. The third kappa shape index (κ3) is 2.60. The molecule has 1 aromatic heterocycles. The molecule has 2 aromatic rings. The number of hydrogen-bond donors (Lipinski definition) is 1. The van der Waals surface area contributed by atoms with Crippen molar-refractivity contribution in [2.75, 3.05) is 0 Å². The van der Waals surface area contributed by atoms with Crippen LogP contribution in [0.3, 0.4) is 0 Å². The van der Waals surface area contributed by atoms with E-state index >= 15 is 0 Å². The quantitative estimate of drug-likeness (QED) is 0.669. The van der Waals surface area contributed by atoms with Gasteiger partial charge in [-0.3, -0.25) is 10.1 Å². The van der Waals surface area contributed by atoms with Crippen LogP contribution in [0.4, 0.5) is 5.69 Å². The fourth-order valence-electron chi connectivity index (χ4n) is 1.59. The Labute approximate surface area is 109 Å². The first kappa shape index (κ1) is 13.2. The van der Waals surface area contributed by atoms with Gasteiger partial charge in [0.1, 0.15) is 5.56 Å². The van der Waals surface area contributed by atoms with E-state index in [-0.39, 0.29) is 23.5 Å². The molecular weight excluding hydrogens is 248 g/mol. The summed E-state index contributed by atoms with van der Waals surface area (Å²) in [7, 11) is 0. The number of aromatic nitrogens is 2. The molecule has 1 unspecified atom stereocenters. The second-order valence-electron chi connectivity index (χ2n) is 4.50. The Balaban J connectivity index is 2.41. The number of nitrogens with zero attached hydrogens (tertiary/aromatic N) is 3. The van der Waals surface area contributed by atoms with E-state index in [1.807, 2.05) is 13.8 Å². The average Bonchev–Trinajstić information content (AvgIpc) is 2.87. The zero-order valence-corrected chi connectivity index (χ0v) is 10.6. The van der Waals surface area contributed by atoms with Gasteiger partial charge < -0.3 is 10.3 Å². The van der Waals surface area contributed by atoms with Gasteiger partial charge in [-0.25, -0.2) is 0 Å². The predicted octanol–water partition coefficient (Wildman–Crippen LogP) is 2.30. The van der Waals surface area contributed by atoms with Crippen molar-refractivity contribution in [2.24, 2.45) is 11.7 Å². The lowest BCUT2D eigenvalue weighted by Crippen LogP contribution is -2.18. The minimum atomic E-state index is -0.485. The highest BCUT2D eigenvalue weighted by molar-refractivity contribution is 5.66. The Morgan fingerprint density at radius 1 is 1.37 bits per heavy atom. The summed E-state index contributed by atoms with van der Waals surface area (Å²) in [5, 5.41) is 14.7. The first-order valence-electron chi connectivity index (χ1n) is 5.83. The van der Waals surface area contributed by atoms with E-state index in [1.54, 1.807) is 18.2 Å². The maximum atomic E-state index is 10.9. The lowest BCUT2D eigenvalue weighted by molar-refractivity contribution is -0.384. The Bertz CT molecular complexity index is 594. The molecule has 0 saturated carbocycles. The normalized spacial score (nSPS) is 12.6. The topological polar surface area (TPSA) is 108 Å². The van der Waals surface area contributed by atoms with Crippen LogP contribution in [-0.4, -0.2) is 15.1 Å². The van der Waals surface area contributed by atoms with Gasteiger partial charge in [0.25, 0.3) is 11.6 Å². The van der Waals surface area contributed by atoms with Crippen LogP contribution in [0.2, 0.25) is 0 Å². The van der Waals surface area contributed by atoms with Gasteiger partial charge in [-0.15, -0.1) is 0 Å². The molecule has 0 aliphatic heterocycles. The molecule has 0 bridgehead atoms. The van der Waals surface area contributed by atoms with Crippen molar-refractivity contribution in [2.45, 2.75) is 19.9 Å². The molecule has 1 aromatic carbocycles. The Hall–Kier alpha value is -2.28. The molecule has 0 fully saturated rings. The van der Waals surface area contributed by atoms with Gasteiger partial charge in [0, 0.05) is 6.07 Å². The molecule has 0 radical (unpaired) electrons. The second-order valence-corrected chi connectivity index (χ2v) is 4.50. The molecule has 7 nitrogen and oxygen atoms in total. The van der Waals surface area contributed by atoms with Gasteiger partial charge in [-0.2, -0.15) is 4.98 Å². The summed E-state index contributed by atoms with van der Waals surface area (Å²) >= 11 is 0. The summed E-state index contributed by atoms with van der Waals surface area (Å²) in [6.07, 6.45) is 0. The molecule has 19 heavy (non-hydrogen) atoms. The Morgan fingerprint density at radius 3 is 2.68 bits per heavy atom. The maximum absolute atomic E-state index is 10.9. The summed E-state index contributed by atoms with van der Waals surface area (Å²) in [6.45, 7) is 3.87. The third-order valence-electron chi connectivity index (χ3n) is 2.79. The third-order valence-corrected chi connectivity index (χ3v) is 2.79. The van der Waals surface area contributed by atoms with Crippen molar-refractivity contribution >= 4 is 5.69 Å². The van der Waals surface area contributed by atoms with Gasteiger partial charge >= 0.3 is 0 Å². The van der Waals surface area contributed by atoms with Crippen molar-refractivity contribution in [1.29, 1.82) is 0 Å². The molecule has 1 atom stereocenters. The van der Waals surface area contributed by atoms with Crippen LogP contribution in [0.15, 0.2) is 28.8 Å². The minimum absolute atomic E-state index is 0.0733. The molecular formula is C12H14N4O3. The lowest BCUT2D eigenvalue weighted by atomic mass is 10.1. The van der Waals surface area contributed by atoms with Crippen LogP contribution in [0.1, 0.15) is 25.7 Å². The van der Waals surface area contributed by atoms with E-state index < -0.39 is 4.92 Å². The minimum Gasteiger partial charge on any atom is -0.334 e. The van der Waals surface area contributed by atoms with Crippen LogP contribution in [-0.2, 0) is 0 Å². The van der Waals surface area contributed by atoms with Crippen LogP contribution in [0.5, 0.6) is 0 Å². The van der Waals surface area contributed by atoms with E-state index in [0.29, 0.717) is 11.4 Å². The molecule has 1 heterocycles. The maximum Gasteiger partial charge on any atom is 0.282 e. The highest BCUT2D eigenvalue weighted by atomic mass is 16.6. The van der Waals surface area contributed by atoms with Crippen LogP contribution < -0.4 is 5.73 Å². The van der Waals surface area contributed by atoms with Crippen molar-refractivity contribution in [3.05, 3.63) is 40.2 Å². The Kier molecular flexibility index (Phi) is 3.57. The van der Waals surface area contributed by atoms with Gasteiger partial charge in [-0.05, 0) is 12.0 Å². The van der Waals surface area contributed by atoms with Crippen molar-refractivity contribution in [1.82, 2.24) is 10.1 Å². The van der Waals surface area contributed by atoms with E-state index in [1.165, 1.54) is 6.07 Å². The number of nitro benzene ring substituents is 1. The van der Waals surface area contributed by atoms with Crippen molar-refractivity contribution in [3.63, 3.8) is 0 Å². The van der Waals surface area contributed by atoms with Crippen LogP contribution in [0.25, 0.3) is 11.5 Å². The summed E-state index contributed by atoms with van der Waals surface area (Å²) in [5.41, 5.74) is 6.13. The summed E-state index contributed by atoms with van der Waals surface area (Å²) < 4.78 is 5.07. The molecule has 0 spiro atoms. The molecule has 2 rings (SSSR count). The molecule has 0 aliphatic carbocycles. The zero-order chi connectivity index (χ0) is 14.0. The average molecular weight is 262 g/mol. The van der Waals surface area contributed by atoms with Crippen molar-refractivity contribution in [3.8, 4) is 11.5 Å². The highest BCUT2D eigenvalue weighted by Crippen LogP contribution is 2.29. The number of para-hydroxylation sites is 1. The number of rotatable bonds is 4. The van der Waals surface area contributed by atoms with Gasteiger partial charge in [0.2, 0.25) is 0 Å². The lowest BCUT2D eigenvalue weighted by Gasteiger charge is -2.09. The number of nitro groups is 1. The second kappa shape index (κ2) is 5.15. The molecule has 0 aliphatic rings.